The molecule has 0 aliphatic carbocycles. The van der Waals surface area contributed by atoms with Gasteiger partial charge in [-0.1, -0.05) is 25.2 Å². The van der Waals surface area contributed by atoms with Gasteiger partial charge in [-0.15, -0.1) is 0 Å². The fourth-order valence-electron chi connectivity index (χ4n) is 0.502. The minimum absolute atomic E-state index is 0.406. The molecule has 0 aromatic rings. The third kappa shape index (κ3) is 5.68. The van der Waals surface area contributed by atoms with Crippen molar-refractivity contribution in [1.29, 1.82) is 0 Å². The van der Waals surface area contributed by atoms with Gasteiger partial charge in [-0.2, -0.15) is 0 Å². The molecular weight excluding hydrogens is 156 g/mol. The van der Waals surface area contributed by atoms with E-state index in [4.69, 9.17) is 5.11 Å². The molecule has 0 saturated heterocycles. The normalized spacial score (nSPS) is 13.9. The van der Waals surface area contributed by atoms with Crippen LogP contribution in [0.1, 0.15) is 20.3 Å². The minimum atomic E-state index is -0.993. The molecule has 0 rings (SSSR count). The smallest absolute Gasteiger partial charge is 0.333 e. The van der Waals surface area contributed by atoms with Crippen LogP contribution < -0.4 is 0 Å². The van der Waals surface area contributed by atoms with Gasteiger partial charge >= 0.3 is 5.97 Å². The van der Waals surface area contributed by atoms with Crippen LogP contribution in [0.5, 0.6) is 0 Å². The number of carbonyl (C=O) groups excluding carboxylic acids is 1. The first-order valence-electron chi connectivity index (χ1n) is 3.88. The van der Waals surface area contributed by atoms with Gasteiger partial charge in [0.05, 0.1) is 0 Å². The summed E-state index contributed by atoms with van der Waals surface area (Å²) in [5.41, 5.74) is 0. The molecule has 1 N–H and O–H groups in total. The van der Waals surface area contributed by atoms with Gasteiger partial charge in [-0.25, -0.2) is 4.79 Å². The molecule has 0 fully saturated rings. The second-order valence-electron chi connectivity index (χ2n) is 2.18. The zero-order valence-corrected chi connectivity index (χ0v) is 7.36. The summed E-state index contributed by atoms with van der Waals surface area (Å²) >= 11 is 0. The number of hydrogen-bond acceptors (Lipinski definition) is 3. The van der Waals surface area contributed by atoms with E-state index in [2.05, 4.69) is 4.74 Å². The molecule has 68 valence electrons. The van der Waals surface area contributed by atoms with Gasteiger partial charge in [0.15, 0.2) is 0 Å². The Morgan fingerprint density at radius 1 is 1.58 bits per heavy atom. The van der Waals surface area contributed by atoms with Crippen LogP contribution in [0.3, 0.4) is 0 Å². The molecule has 0 heterocycles. The molecule has 3 nitrogen and oxygen atoms in total. The summed E-state index contributed by atoms with van der Waals surface area (Å²) in [5, 5.41) is 8.89. The predicted octanol–water partition coefficient (Wildman–Crippen LogP) is 1.39. The average Bonchev–Trinajstić information content (AvgIpc) is 2.05. The Bertz CT molecular complexity index is 182. The number of aliphatic hydroxyl groups is 1. The lowest BCUT2D eigenvalue weighted by molar-refractivity contribution is -0.161. The van der Waals surface area contributed by atoms with Crippen molar-refractivity contribution in [3.8, 4) is 0 Å². The molecule has 0 aliphatic heterocycles. The lowest BCUT2D eigenvalue weighted by Crippen LogP contribution is -2.14. The first kappa shape index (κ1) is 10.9. The fourth-order valence-corrected chi connectivity index (χ4v) is 0.502. The van der Waals surface area contributed by atoms with Gasteiger partial charge in [-0.3, -0.25) is 0 Å². The predicted molar refractivity (Wildman–Crippen MR) is 46.3 cm³/mol. The van der Waals surface area contributed by atoms with Crippen molar-refractivity contribution in [3.63, 3.8) is 0 Å². The van der Waals surface area contributed by atoms with Gasteiger partial charge in [0.25, 0.3) is 0 Å². The Hall–Kier alpha value is -1.09. The summed E-state index contributed by atoms with van der Waals surface area (Å²) in [4.78, 5) is 10.8. The van der Waals surface area contributed by atoms with Crippen LogP contribution >= 0.6 is 0 Å². The second-order valence-corrected chi connectivity index (χ2v) is 2.18. The summed E-state index contributed by atoms with van der Waals surface area (Å²) in [6, 6.07) is 0. The lowest BCUT2D eigenvalue weighted by Gasteiger charge is -2.06. The van der Waals surface area contributed by atoms with E-state index >= 15 is 0 Å². The first-order valence-corrected chi connectivity index (χ1v) is 3.88. The topological polar surface area (TPSA) is 46.5 Å². The van der Waals surface area contributed by atoms with Crippen molar-refractivity contribution >= 4 is 5.97 Å². The average molecular weight is 170 g/mol. The number of allylic oxidation sites excluding steroid dienone is 3. The highest BCUT2D eigenvalue weighted by Gasteiger charge is 2.03. The number of carbonyl (C=O) groups is 1. The first-order chi connectivity index (χ1) is 5.70. The summed E-state index contributed by atoms with van der Waals surface area (Å²) in [7, 11) is 0. The van der Waals surface area contributed by atoms with Crippen molar-refractivity contribution in [1.82, 2.24) is 0 Å². The summed E-state index contributed by atoms with van der Waals surface area (Å²) in [6.45, 7) is 3.57. The molecule has 0 amide bonds. The van der Waals surface area contributed by atoms with Gasteiger partial charge < -0.3 is 9.84 Å². The molecule has 1 unspecified atom stereocenters. The molecule has 0 aliphatic rings. The largest absolute Gasteiger partial charge is 0.433 e. The maximum Gasteiger partial charge on any atom is 0.333 e. The van der Waals surface area contributed by atoms with Gasteiger partial charge in [-0.05, 0) is 6.92 Å². The molecule has 3 heteroatoms. The zero-order valence-electron chi connectivity index (χ0n) is 7.36. The summed E-state index contributed by atoms with van der Waals surface area (Å²) in [6.07, 6.45) is 5.74. The number of ether oxygens (including phenoxy) is 1. The molecule has 0 aromatic heterocycles. The van der Waals surface area contributed by atoms with Crippen molar-refractivity contribution in [3.05, 3.63) is 24.3 Å². The highest BCUT2D eigenvalue weighted by molar-refractivity contribution is 5.82. The van der Waals surface area contributed by atoms with Gasteiger partial charge in [0.2, 0.25) is 6.29 Å². The van der Waals surface area contributed by atoms with Crippen LogP contribution in [-0.4, -0.2) is 17.4 Å². The molecule has 0 bridgehead atoms. The molecule has 12 heavy (non-hydrogen) atoms. The Morgan fingerprint density at radius 2 is 2.25 bits per heavy atom. The Kier molecular flexibility index (Phi) is 6.01. The minimum Gasteiger partial charge on any atom is -0.433 e. The van der Waals surface area contributed by atoms with Crippen LogP contribution in [0.15, 0.2) is 24.3 Å². The zero-order chi connectivity index (χ0) is 9.40. The fraction of sp³-hybridized carbons (Fsp3) is 0.444. The van der Waals surface area contributed by atoms with E-state index in [1.807, 2.05) is 6.92 Å². The maximum absolute atomic E-state index is 10.8. The molecule has 1 atom stereocenters. The highest BCUT2D eigenvalue weighted by Crippen LogP contribution is 1.93. The second kappa shape index (κ2) is 6.61. The summed E-state index contributed by atoms with van der Waals surface area (Å²) in [5.74, 6) is -0.526. The SMILES string of the molecule is CC=CC=CC(=O)OC(O)CC. The van der Waals surface area contributed by atoms with E-state index in [-0.39, 0.29) is 0 Å². The number of hydrogen-bond donors (Lipinski definition) is 1. The van der Waals surface area contributed by atoms with Gasteiger partial charge in [0.1, 0.15) is 0 Å². The quantitative estimate of drug-likeness (QED) is 0.300. The van der Waals surface area contributed by atoms with E-state index in [0.717, 1.165) is 0 Å². The van der Waals surface area contributed by atoms with Crippen molar-refractivity contribution in [2.75, 3.05) is 0 Å². The Labute approximate surface area is 72.3 Å². The maximum atomic E-state index is 10.8. The van der Waals surface area contributed by atoms with Crippen LogP contribution in [0, 0.1) is 0 Å². The van der Waals surface area contributed by atoms with Gasteiger partial charge in [0, 0.05) is 12.5 Å². The number of rotatable bonds is 4. The van der Waals surface area contributed by atoms with Crippen LogP contribution in [-0.2, 0) is 9.53 Å². The van der Waals surface area contributed by atoms with Crippen LogP contribution in [0.25, 0.3) is 0 Å². The Morgan fingerprint density at radius 3 is 2.75 bits per heavy atom. The summed E-state index contributed by atoms with van der Waals surface area (Å²) < 4.78 is 4.54. The number of aliphatic hydroxyl groups excluding tert-OH is 1. The molecule has 0 spiro atoms. The molecular formula is C9H14O3. The third-order valence-corrected chi connectivity index (χ3v) is 1.14. The highest BCUT2D eigenvalue weighted by atomic mass is 16.6. The lowest BCUT2D eigenvalue weighted by atomic mass is 10.4. The van der Waals surface area contributed by atoms with E-state index in [1.165, 1.54) is 6.08 Å². The molecule has 0 aromatic carbocycles. The Balaban J connectivity index is 3.73. The van der Waals surface area contributed by atoms with Crippen LogP contribution in [0.2, 0.25) is 0 Å². The molecule has 0 saturated carbocycles. The third-order valence-electron chi connectivity index (χ3n) is 1.14. The standard InChI is InChI=1S/C9H14O3/c1-3-5-6-7-9(11)12-8(10)4-2/h3,5-8,10H,4H2,1-2H3. The number of esters is 1. The van der Waals surface area contributed by atoms with Crippen molar-refractivity contribution < 1.29 is 14.6 Å². The monoisotopic (exact) mass is 170 g/mol. The van der Waals surface area contributed by atoms with Crippen molar-refractivity contribution in [2.45, 2.75) is 26.6 Å². The van der Waals surface area contributed by atoms with E-state index < -0.39 is 12.3 Å². The molecule has 0 radical (unpaired) electrons. The van der Waals surface area contributed by atoms with Crippen LogP contribution in [0.4, 0.5) is 0 Å². The van der Waals surface area contributed by atoms with Crippen molar-refractivity contribution in [2.24, 2.45) is 0 Å². The van der Waals surface area contributed by atoms with E-state index in [9.17, 15) is 4.79 Å². The van der Waals surface area contributed by atoms with E-state index in [0.29, 0.717) is 6.42 Å². The van der Waals surface area contributed by atoms with E-state index in [1.54, 1.807) is 25.2 Å².